The summed E-state index contributed by atoms with van der Waals surface area (Å²) in [5.41, 5.74) is 1.04. The quantitative estimate of drug-likeness (QED) is 0.580. The van der Waals surface area contributed by atoms with Crippen molar-refractivity contribution in [2.45, 2.75) is 78.1 Å². The molecule has 2 nitrogen and oxygen atoms in total. The van der Waals surface area contributed by atoms with Crippen LogP contribution in [0.4, 0.5) is 0 Å². The van der Waals surface area contributed by atoms with Gasteiger partial charge in [-0.2, -0.15) is 5.10 Å². The van der Waals surface area contributed by atoms with Crippen LogP contribution < -0.4 is 0 Å². The summed E-state index contributed by atoms with van der Waals surface area (Å²) in [5.74, 6) is 0. The van der Waals surface area contributed by atoms with Crippen molar-refractivity contribution in [2.24, 2.45) is 0 Å². The lowest BCUT2D eigenvalue weighted by molar-refractivity contribution is 0.566. The molecule has 0 saturated heterocycles. The average molecular weight is 251 g/mol. The van der Waals surface area contributed by atoms with Gasteiger partial charge in [-0.25, -0.2) is 0 Å². The number of nitrogens with one attached hydrogen (secondary N) is 1. The highest BCUT2D eigenvalue weighted by atomic mass is 15.1. The number of aromatic amines is 1. The molecule has 105 valence electrons. The van der Waals surface area contributed by atoms with Gasteiger partial charge < -0.3 is 0 Å². The fraction of sp³-hybridized carbons (Fsp3) is 0.750. The molecule has 1 N–H and O–H groups in total. The van der Waals surface area contributed by atoms with E-state index in [0.717, 1.165) is 12.1 Å². The van der Waals surface area contributed by atoms with Gasteiger partial charge in [-0.05, 0) is 13.0 Å². The highest BCUT2D eigenvalue weighted by molar-refractivity contribution is 4.91. The summed E-state index contributed by atoms with van der Waals surface area (Å²) >= 11 is 0. The van der Waals surface area contributed by atoms with Crippen molar-refractivity contribution in [3.05, 3.63) is 24.9 Å². The second-order valence-electron chi connectivity index (χ2n) is 4.90. The molecule has 0 spiro atoms. The number of rotatable bonds is 9. The Morgan fingerprint density at radius 2 is 1.56 bits per heavy atom. The normalized spacial score (nSPS) is 9.94. The summed E-state index contributed by atoms with van der Waals surface area (Å²) in [6, 6.07) is 1.92. The predicted molar refractivity (Wildman–Crippen MR) is 80.5 cm³/mol. The molecule has 1 rings (SSSR count). The minimum Gasteiger partial charge on any atom is -0.285 e. The number of hydrogen-bond acceptors (Lipinski definition) is 1. The van der Waals surface area contributed by atoms with Crippen LogP contribution in [0.5, 0.6) is 0 Å². The lowest BCUT2D eigenvalue weighted by atomic mass is 10.1. The van der Waals surface area contributed by atoms with E-state index in [0.29, 0.717) is 0 Å². The molecule has 1 radical (unpaired) electrons. The van der Waals surface area contributed by atoms with Crippen LogP contribution in [0.2, 0.25) is 0 Å². The van der Waals surface area contributed by atoms with Gasteiger partial charge in [0.1, 0.15) is 0 Å². The highest BCUT2D eigenvalue weighted by Crippen LogP contribution is 2.09. The minimum atomic E-state index is 1.04. The molecule has 2 heteroatoms. The van der Waals surface area contributed by atoms with E-state index < -0.39 is 0 Å². The fourth-order valence-corrected chi connectivity index (χ4v) is 1.82. The lowest BCUT2D eigenvalue weighted by Crippen LogP contribution is -1.80. The molecule has 0 aliphatic carbocycles. The molecule has 1 heterocycles. The molecule has 0 aliphatic heterocycles. The summed E-state index contributed by atoms with van der Waals surface area (Å²) in [6.07, 6.45) is 15.7. The number of hydrogen-bond donors (Lipinski definition) is 1. The van der Waals surface area contributed by atoms with Crippen molar-refractivity contribution >= 4 is 0 Å². The van der Waals surface area contributed by atoms with Crippen molar-refractivity contribution < 1.29 is 0 Å². The van der Waals surface area contributed by atoms with Crippen LogP contribution in [0.1, 0.15) is 76.8 Å². The van der Waals surface area contributed by atoms with Gasteiger partial charge in [0.2, 0.25) is 0 Å². The van der Waals surface area contributed by atoms with Gasteiger partial charge in [0.15, 0.2) is 0 Å². The topological polar surface area (TPSA) is 28.7 Å². The van der Waals surface area contributed by atoms with Crippen molar-refractivity contribution in [2.75, 3.05) is 0 Å². The van der Waals surface area contributed by atoms with Gasteiger partial charge in [0.05, 0.1) is 5.69 Å². The van der Waals surface area contributed by atoms with Crippen LogP contribution in [0.15, 0.2) is 12.3 Å². The van der Waals surface area contributed by atoms with Crippen LogP contribution >= 0.6 is 0 Å². The Morgan fingerprint density at radius 1 is 1.00 bits per heavy atom. The monoisotopic (exact) mass is 251 g/mol. The molecule has 0 fully saturated rings. The Hall–Kier alpha value is -0.790. The molecule has 1 aromatic heterocycles. The van der Waals surface area contributed by atoms with E-state index in [1.807, 2.05) is 13.0 Å². The van der Waals surface area contributed by atoms with Gasteiger partial charge in [0, 0.05) is 6.20 Å². The Labute approximate surface area is 114 Å². The predicted octanol–water partition coefficient (Wildman–Crippen LogP) is 5.46. The van der Waals surface area contributed by atoms with Crippen LogP contribution in [0.3, 0.4) is 0 Å². The average Bonchev–Trinajstić information content (AvgIpc) is 2.85. The van der Waals surface area contributed by atoms with Crippen LogP contribution in [-0.2, 0) is 0 Å². The van der Waals surface area contributed by atoms with E-state index in [2.05, 4.69) is 24.0 Å². The number of aryl methyl sites for hydroxylation is 1. The largest absolute Gasteiger partial charge is 0.285 e. The third-order valence-electron chi connectivity index (χ3n) is 2.99. The minimum absolute atomic E-state index is 1.04. The zero-order valence-electron chi connectivity index (χ0n) is 12.4. The Bertz CT molecular complexity index is 219. The van der Waals surface area contributed by atoms with Gasteiger partial charge in [-0.1, -0.05) is 78.1 Å². The molecule has 18 heavy (non-hydrogen) atoms. The molecule has 0 aromatic carbocycles. The molecular formula is C16H31N2. The van der Waals surface area contributed by atoms with Crippen LogP contribution in [0.25, 0.3) is 0 Å². The first-order chi connectivity index (χ1) is 8.81. The maximum Gasteiger partial charge on any atom is 0.0591 e. The molecular weight excluding hydrogens is 220 g/mol. The van der Waals surface area contributed by atoms with E-state index >= 15 is 0 Å². The van der Waals surface area contributed by atoms with E-state index in [9.17, 15) is 0 Å². The molecule has 0 amide bonds. The van der Waals surface area contributed by atoms with Crippen molar-refractivity contribution in [3.8, 4) is 0 Å². The van der Waals surface area contributed by atoms with Crippen molar-refractivity contribution in [3.63, 3.8) is 0 Å². The second-order valence-corrected chi connectivity index (χ2v) is 4.90. The van der Waals surface area contributed by atoms with E-state index in [1.54, 1.807) is 6.20 Å². The standard InChI is InChI=1S/C12H25.C4H6N2/c1-3-5-7-9-11-12-10-8-6-4-2;1-4-2-3-5-6-4/h1,3-12H2,2H3;2-3H,1H3,(H,5,6). The van der Waals surface area contributed by atoms with E-state index in [1.165, 1.54) is 57.8 Å². The maximum absolute atomic E-state index is 3.84. The number of nitrogens with zero attached hydrogens (tertiary/aromatic N) is 1. The third-order valence-corrected chi connectivity index (χ3v) is 2.99. The maximum atomic E-state index is 3.84. The Morgan fingerprint density at radius 3 is 1.89 bits per heavy atom. The number of aromatic nitrogens is 2. The first kappa shape index (κ1) is 17.2. The summed E-state index contributed by atoms with van der Waals surface area (Å²) in [6.45, 7) is 8.06. The Kier molecular flexibility index (Phi) is 13.6. The van der Waals surface area contributed by atoms with Crippen molar-refractivity contribution in [1.82, 2.24) is 10.2 Å². The zero-order valence-corrected chi connectivity index (χ0v) is 12.4. The molecule has 0 unspecified atom stereocenters. The van der Waals surface area contributed by atoms with Crippen LogP contribution in [0, 0.1) is 13.8 Å². The number of unbranched alkanes of at least 4 members (excludes halogenated alkanes) is 9. The lowest BCUT2D eigenvalue weighted by Gasteiger charge is -1.99. The molecule has 0 atom stereocenters. The third kappa shape index (κ3) is 13.3. The van der Waals surface area contributed by atoms with Crippen LogP contribution in [-0.4, -0.2) is 10.2 Å². The summed E-state index contributed by atoms with van der Waals surface area (Å²) in [5, 5.41) is 6.47. The summed E-state index contributed by atoms with van der Waals surface area (Å²) < 4.78 is 0. The van der Waals surface area contributed by atoms with Gasteiger partial charge >= 0.3 is 0 Å². The molecule has 0 saturated carbocycles. The van der Waals surface area contributed by atoms with Crippen molar-refractivity contribution in [1.29, 1.82) is 0 Å². The smallest absolute Gasteiger partial charge is 0.0591 e. The van der Waals surface area contributed by atoms with E-state index in [-0.39, 0.29) is 0 Å². The summed E-state index contributed by atoms with van der Waals surface area (Å²) in [7, 11) is 0. The molecule has 0 aliphatic rings. The Balaban J connectivity index is 0.000000397. The van der Waals surface area contributed by atoms with E-state index in [4.69, 9.17) is 0 Å². The first-order valence-electron chi connectivity index (χ1n) is 7.57. The fourth-order valence-electron chi connectivity index (χ4n) is 1.82. The SMILES string of the molecule is Cc1cc[nH]n1.[CH2]CCCCCCCCCCC. The second kappa shape index (κ2) is 14.3. The van der Waals surface area contributed by atoms with Gasteiger partial charge in [-0.3, -0.25) is 5.10 Å². The molecule has 1 aromatic rings. The molecule has 0 bridgehead atoms. The highest BCUT2D eigenvalue weighted by Gasteiger charge is 1.90. The number of H-pyrrole nitrogens is 1. The van der Waals surface area contributed by atoms with Gasteiger partial charge in [-0.15, -0.1) is 0 Å². The zero-order chi connectivity index (χ0) is 13.5. The first-order valence-corrected chi connectivity index (χ1v) is 7.57. The van der Waals surface area contributed by atoms with Gasteiger partial charge in [0.25, 0.3) is 0 Å². The summed E-state index contributed by atoms with van der Waals surface area (Å²) in [4.78, 5) is 0.